The number of rotatable bonds is 4. The van der Waals surface area contributed by atoms with Gasteiger partial charge in [0.05, 0.1) is 6.04 Å². The van der Waals surface area contributed by atoms with Gasteiger partial charge in [-0.05, 0) is 44.4 Å². The van der Waals surface area contributed by atoms with Gasteiger partial charge < -0.3 is 21.1 Å². The van der Waals surface area contributed by atoms with Crippen molar-refractivity contribution in [1.29, 1.82) is 0 Å². The van der Waals surface area contributed by atoms with Gasteiger partial charge in [0, 0.05) is 30.7 Å². The standard InChI is InChI=1S/C15H24N4OS.C2HF3O2/c16-13(14(20)19-8-1-2-9-19)11-3-5-12(6-4-11)18-15-17-7-10-21-15;3-2(4,5)1(6)7/h7,10-13H,1-6,8-9,16H2,(H,17,18);(H,6,7). The highest BCUT2D eigenvalue weighted by molar-refractivity contribution is 7.13. The molecule has 158 valence electrons. The maximum atomic E-state index is 12.4. The fourth-order valence-electron chi connectivity index (χ4n) is 3.44. The smallest absolute Gasteiger partial charge is 0.475 e. The Kier molecular flexibility index (Phi) is 8.05. The molecule has 1 aromatic heterocycles. The first-order valence-electron chi connectivity index (χ1n) is 9.19. The second-order valence-electron chi connectivity index (χ2n) is 6.95. The molecule has 1 saturated carbocycles. The molecule has 1 aromatic rings. The molecule has 7 nitrogen and oxygen atoms in total. The zero-order valence-electron chi connectivity index (χ0n) is 15.3. The minimum absolute atomic E-state index is 0.170. The Morgan fingerprint density at radius 3 is 2.29 bits per heavy atom. The zero-order chi connectivity index (χ0) is 20.7. The normalized spacial score (nSPS) is 23.5. The fourth-order valence-corrected chi connectivity index (χ4v) is 4.05. The van der Waals surface area contributed by atoms with E-state index < -0.39 is 12.1 Å². The van der Waals surface area contributed by atoms with Crippen molar-refractivity contribution in [3.8, 4) is 0 Å². The number of aliphatic carboxylic acids is 1. The fraction of sp³-hybridized carbons (Fsp3) is 0.706. The van der Waals surface area contributed by atoms with E-state index in [-0.39, 0.29) is 11.9 Å². The van der Waals surface area contributed by atoms with Crippen molar-refractivity contribution >= 4 is 28.3 Å². The molecule has 0 aromatic carbocycles. The molecular formula is C17H25F3N4O3S. The third-order valence-corrected chi connectivity index (χ3v) is 5.69. The van der Waals surface area contributed by atoms with Crippen LogP contribution in [0.3, 0.4) is 0 Å². The number of carboxylic acids is 1. The summed E-state index contributed by atoms with van der Waals surface area (Å²) in [6.45, 7) is 1.79. The predicted octanol–water partition coefficient (Wildman–Crippen LogP) is 2.70. The third-order valence-electron chi connectivity index (χ3n) is 4.99. The van der Waals surface area contributed by atoms with E-state index in [0.29, 0.717) is 12.0 Å². The number of carbonyl (C=O) groups is 2. The van der Waals surface area contributed by atoms with E-state index in [1.165, 1.54) is 0 Å². The first kappa shape index (κ1) is 22.4. The molecule has 4 N–H and O–H groups in total. The number of nitrogens with two attached hydrogens (primary N) is 1. The van der Waals surface area contributed by atoms with Gasteiger partial charge in [-0.2, -0.15) is 13.2 Å². The average Bonchev–Trinajstić information content (AvgIpc) is 3.35. The van der Waals surface area contributed by atoms with Crippen LogP contribution in [-0.2, 0) is 9.59 Å². The van der Waals surface area contributed by atoms with Gasteiger partial charge in [-0.1, -0.05) is 0 Å². The van der Waals surface area contributed by atoms with Crippen LogP contribution < -0.4 is 11.1 Å². The number of carboxylic acid groups (broad SMARTS) is 1. The Hall–Kier alpha value is -1.88. The van der Waals surface area contributed by atoms with E-state index in [1.807, 2.05) is 16.5 Å². The van der Waals surface area contributed by atoms with Crippen LogP contribution in [0.15, 0.2) is 11.6 Å². The van der Waals surface area contributed by atoms with Crippen molar-refractivity contribution in [1.82, 2.24) is 9.88 Å². The molecule has 0 radical (unpaired) electrons. The number of nitrogens with one attached hydrogen (secondary N) is 1. The second kappa shape index (κ2) is 10.1. The molecule has 0 spiro atoms. The number of hydrogen-bond acceptors (Lipinski definition) is 6. The molecule has 28 heavy (non-hydrogen) atoms. The number of hydrogen-bond donors (Lipinski definition) is 3. The van der Waals surface area contributed by atoms with Crippen molar-refractivity contribution in [2.45, 2.75) is 56.8 Å². The van der Waals surface area contributed by atoms with E-state index in [0.717, 1.165) is 56.7 Å². The van der Waals surface area contributed by atoms with Crippen molar-refractivity contribution in [2.24, 2.45) is 11.7 Å². The number of aromatic nitrogens is 1. The molecule has 1 aliphatic heterocycles. The number of nitrogens with zero attached hydrogens (tertiary/aromatic N) is 2. The van der Waals surface area contributed by atoms with Crippen LogP contribution in [0.5, 0.6) is 0 Å². The summed E-state index contributed by atoms with van der Waals surface area (Å²) in [6, 6.07) is 0.172. The lowest BCUT2D eigenvalue weighted by Gasteiger charge is -2.33. The van der Waals surface area contributed by atoms with E-state index in [4.69, 9.17) is 15.6 Å². The highest BCUT2D eigenvalue weighted by Crippen LogP contribution is 2.29. The molecule has 1 amide bonds. The van der Waals surface area contributed by atoms with Crippen molar-refractivity contribution in [3.05, 3.63) is 11.6 Å². The van der Waals surface area contributed by atoms with Crippen LogP contribution in [-0.4, -0.2) is 58.2 Å². The number of alkyl halides is 3. The number of carbonyl (C=O) groups excluding carboxylic acids is 1. The molecule has 1 atom stereocenters. The molecule has 2 fully saturated rings. The molecule has 1 aliphatic carbocycles. The maximum absolute atomic E-state index is 12.4. The Bertz CT molecular complexity index is 628. The largest absolute Gasteiger partial charge is 0.490 e. The summed E-state index contributed by atoms with van der Waals surface area (Å²) in [7, 11) is 0. The van der Waals surface area contributed by atoms with E-state index >= 15 is 0 Å². The lowest BCUT2D eigenvalue weighted by Crippen LogP contribution is -2.48. The first-order chi connectivity index (χ1) is 13.2. The van der Waals surface area contributed by atoms with E-state index in [9.17, 15) is 18.0 Å². The quantitative estimate of drug-likeness (QED) is 0.689. The van der Waals surface area contributed by atoms with Crippen LogP contribution in [0.1, 0.15) is 38.5 Å². The predicted molar refractivity (Wildman–Crippen MR) is 99.0 cm³/mol. The molecule has 1 unspecified atom stereocenters. The van der Waals surface area contributed by atoms with E-state index in [1.54, 1.807) is 11.3 Å². The third kappa shape index (κ3) is 6.62. The highest BCUT2D eigenvalue weighted by atomic mass is 32.1. The van der Waals surface area contributed by atoms with Gasteiger partial charge in [-0.25, -0.2) is 9.78 Å². The lowest BCUT2D eigenvalue weighted by atomic mass is 9.81. The Morgan fingerprint density at radius 1 is 1.25 bits per heavy atom. The van der Waals surface area contributed by atoms with Gasteiger partial charge in [0.15, 0.2) is 5.13 Å². The maximum Gasteiger partial charge on any atom is 0.490 e. The number of thiazole rings is 1. The minimum atomic E-state index is -5.08. The topological polar surface area (TPSA) is 109 Å². The lowest BCUT2D eigenvalue weighted by molar-refractivity contribution is -0.192. The summed E-state index contributed by atoms with van der Waals surface area (Å²) in [5, 5.41) is 13.6. The molecule has 2 heterocycles. The van der Waals surface area contributed by atoms with Gasteiger partial charge in [0.1, 0.15) is 0 Å². The summed E-state index contributed by atoms with van der Waals surface area (Å²) in [5.74, 6) is -2.25. The van der Waals surface area contributed by atoms with Crippen molar-refractivity contribution < 1.29 is 27.9 Å². The number of anilines is 1. The van der Waals surface area contributed by atoms with Crippen molar-refractivity contribution in [2.75, 3.05) is 18.4 Å². The molecule has 2 aliphatic rings. The Balaban J connectivity index is 0.000000345. The van der Waals surface area contributed by atoms with Crippen LogP contribution in [0.4, 0.5) is 18.3 Å². The number of likely N-dealkylation sites (tertiary alicyclic amines) is 1. The minimum Gasteiger partial charge on any atom is -0.475 e. The van der Waals surface area contributed by atoms with Gasteiger partial charge in [0.25, 0.3) is 0 Å². The van der Waals surface area contributed by atoms with Crippen LogP contribution in [0, 0.1) is 5.92 Å². The molecule has 1 saturated heterocycles. The Labute approximate surface area is 165 Å². The SMILES string of the molecule is NC(C(=O)N1CCCC1)C1CCC(Nc2nccs2)CC1.O=C(O)C(F)(F)F. The first-order valence-corrected chi connectivity index (χ1v) is 10.1. The van der Waals surface area contributed by atoms with Crippen molar-refractivity contribution in [3.63, 3.8) is 0 Å². The average molecular weight is 422 g/mol. The monoisotopic (exact) mass is 422 g/mol. The number of amides is 1. The van der Waals surface area contributed by atoms with Gasteiger partial charge in [-0.3, -0.25) is 4.79 Å². The van der Waals surface area contributed by atoms with Gasteiger partial charge >= 0.3 is 12.1 Å². The van der Waals surface area contributed by atoms with Gasteiger partial charge in [-0.15, -0.1) is 11.3 Å². The molecule has 0 bridgehead atoms. The molecular weight excluding hydrogens is 397 g/mol. The Morgan fingerprint density at radius 2 is 1.82 bits per heavy atom. The van der Waals surface area contributed by atoms with Crippen LogP contribution in [0.25, 0.3) is 0 Å². The molecule has 11 heteroatoms. The summed E-state index contributed by atoms with van der Waals surface area (Å²) in [6.07, 6.45) is 3.21. The summed E-state index contributed by atoms with van der Waals surface area (Å²) in [4.78, 5) is 27.5. The second-order valence-corrected chi connectivity index (χ2v) is 7.85. The summed E-state index contributed by atoms with van der Waals surface area (Å²) >= 11 is 1.64. The van der Waals surface area contributed by atoms with Gasteiger partial charge in [0.2, 0.25) is 5.91 Å². The van der Waals surface area contributed by atoms with E-state index in [2.05, 4.69) is 10.3 Å². The molecule has 3 rings (SSSR count). The van der Waals surface area contributed by atoms with Crippen LogP contribution >= 0.6 is 11.3 Å². The zero-order valence-corrected chi connectivity index (χ0v) is 16.1. The summed E-state index contributed by atoms with van der Waals surface area (Å²) < 4.78 is 31.7. The summed E-state index contributed by atoms with van der Waals surface area (Å²) in [5.41, 5.74) is 6.23. The number of halogens is 3. The highest BCUT2D eigenvalue weighted by Gasteiger charge is 2.38. The van der Waals surface area contributed by atoms with Crippen LogP contribution in [0.2, 0.25) is 0 Å².